The van der Waals surface area contributed by atoms with Crippen LogP contribution >= 0.6 is 0 Å². The minimum Gasteiger partial charge on any atom is -0.476 e. The van der Waals surface area contributed by atoms with Crippen LogP contribution < -0.4 is 4.74 Å². The molecule has 3 heterocycles. The largest absolute Gasteiger partial charge is 0.476 e. The smallest absolute Gasteiger partial charge is 0.216 e. The van der Waals surface area contributed by atoms with Crippen LogP contribution in [-0.2, 0) is 4.74 Å². The van der Waals surface area contributed by atoms with Crippen molar-refractivity contribution in [3.63, 3.8) is 0 Å². The number of fused-ring (bicyclic) bond motifs is 1. The molecule has 3 rings (SSSR count). The maximum absolute atomic E-state index is 6.14. The summed E-state index contributed by atoms with van der Waals surface area (Å²) < 4.78 is 12.1. The Morgan fingerprint density at radius 1 is 1.30 bits per heavy atom. The zero-order valence-electron chi connectivity index (χ0n) is 14.8. The maximum atomic E-state index is 6.14. The lowest BCUT2D eigenvalue weighted by Crippen LogP contribution is -2.48. The van der Waals surface area contributed by atoms with E-state index in [1.54, 1.807) is 6.33 Å². The molecule has 0 unspecified atom stereocenters. The van der Waals surface area contributed by atoms with Crippen molar-refractivity contribution in [2.45, 2.75) is 70.6 Å². The van der Waals surface area contributed by atoms with E-state index < -0.39 is 0 Å². The van der Waals surface area contributed by atoms with Gasteiger partial charge in [0.2, 0.25) is 5.88 Å². The Morgan fingerprint density at radius 3 is 2.87 bits per heavy atom. The van der Waals surface area contributed by atoms with Crippen molar-refractivity contribution in [2.24, 2.45) is 0 Å². The number of hydrogen-bond acceptors (Lipinski definition) is 5. The Balaban J connectivity index is 1.60. The van der Waals surface area contributed by atoms with Crippen LogP contribution in [0.5, 0.6) is 5.88 Å². The SMILES string of the molecule is Cc1cc(OC[C@@H]2CC[C@]3(COC(C)(C)C)CCCN23)ncn1. The minimum absolute atomic E-state index is 0.0733. The van der Waals surface area contributed by atoms with Crippen LogP contribution in [0.2, 0.25) is 0 Å². The van der Waals surface area contributed by atoms with Gasteiger partial charge in [-0.05, 0) is 59.9 Å². The van der Waals surface area contributed by atoms with Crippen molar-refractivity contribution < 1.29 is 9.47 Å². The average molecular weight is 319 g/mol. The second-order valence-corrected chi connectivity index (χ2v) is 7.92. The lowest BCUT2D eigenvalue weighted by Gasteiger charge is -2.37. The number of hydrogen-bond donors (Lipinski definition) is 0. The summed E-state index contributed by atoms with van der Waals surface area (Å²) in [4.78, 5) is 10.9. The number of ether oxygens (including phenoxy) is 2. The predicted molar refractivity (Wildman–Crippen MR) is 89.7 cm³/mol. The summed E-state index contributed by atoms with van der Waals surface area (Å²) in [6, 6.07) is 2.37. The van der Waals surface area contributed by atoms with Gasteiger partial charge in [0.05, 0.1) is 12.2 Å². The van der Waals surface area contributed by atoms with E-state index in [2.05, 4.69) is 35.6 Å². The van der Waals surface area contributed by atoms with Gasteiger partial charge in [0.25, 0.3) is 0 Å². The Bertz CT molecular complexity index is 543. The second-order valence-electron chi connectivity index (χ2n) is 7.92. The van der Waals surface area contributed by atoms with Crippen LogP contribution in [0.3, 0.4) is 0 Å². The van der Waals surface area contributed by atoms with Gasteiger partial charge in [0.1, 0.15) is 12.9 Å². The van der Waals surface area contributed by atoms with Gasteiger partial charge in [-0.1, -0.05) is 0 Å². The van der Waals surface area contributed by atoms with E-state index in [0.29, 0.717) is 18.5 Å². The monoisotopic (exact) mass is 319 g/mol. The van der Waals surface area contributed by atoms with Gasteiger partial charge >= 0.3 is 0 Å². The molecule has 0 bridgehead atoms. The first kappa shape index (κ1) is 16.7. The molecule has 0 spiro atoms. The molecule has 0 aliphatic carbocycles. The van der Waals surface area contributed by atoms with Gasteiger partial charge in [0, 0.05) is 23.3 Å². The summed E-state index contributed by atoms with van der Waals surface area (Å²) in [5.74, 6) is 0.681. The summed E-state index contributed by atoms with van der Waals surface area (Å²) >= 11 is 0. The lowest BCUT2D eigenvalue weighted by atomic mass is 9.95. The highest BCUT2D eigenvalue weighted by Crippen LogP contribution is 2.43. The minimum atomic E-state index is -0.0733. The van der Waals surface area contributed by atoms with E-state index in [-0.39, 0.29) is 11.1 Å². The standard InChI is InChI=1S/C18H29N3O2/c1-14-10-16(20-13-19-14)22-11-15-6-8-18(7-5-9-21(15)18)12-23-17(2,3)4/h10,13,15H,5-9,11-12H2,1-4H3/t15-,18-/m0/s1. The lowest BCUT2D eigenvalue weighted by molar-refractivity contribution is -0.0584. The molecule has 23 heavy (non-hydrogen) atoms. The molecule has 128 valence electrons. The molecular formula is C18H29N3O2. The number of aryl methyl sites for hydroxylation is 1. The molecule has 0 saturated carbocycles. The molecule has 5 nitrogen and oxygen atoms in total. The van der Waals surface area contributed by atoms with Crippen molar-refractivity contribution >= 4 is 0 Å². The van der Waals surface area contributed by atoms with E-state index in [4.69, 9.17) is 9.47 Å². The molecule has 2 saturated heterocycles. The Kier molecular flexibility index (Phi) is 4.61. The summed E-state index contributed by atoms with van der Waals surface area (Å²) in [6.45, 7) is 11.1. The summed E-state index contributed by atoms with van der Waals surface area (Å²) in [6.07, 6.45) is 6.46. The van der Waals surface area contributed by atoms with E-state index in [9.17, 15) is 0 Å². The third-order valence-corrected chi connectivity index (χ3v) is 5.01. The fourth-order valence-corrected chi connectivity index (χ4v) is 3.83. The fourth-order valence-electron chi connectivity index (χ4n) is 3.83. The van der Waals surface area contributed by atoms with Crippen LogP contribution in [0.15, 0.2) is 12.4 Å². The van der Waals surface area contributed by atoms with E-state index in [1.165, 1.54) is 25.7 Å². The summed E-state index contributed by atoms with van der Waals surface area (Å²) in [5, 5.41) is 0. The van der Waals surface area contributed by atoms with Gasteiger partial charge in [0.15, 0.2) is 0 Å². The summed E-state index contributed by atoms with van der Waals surface area (Å²) in [7, 11) is 0. The van der Waals surface area contributed by atoms with E-state index in [1.807, 2.05) is 13.0 Å². The van der Waals surface area contributed by atoms with Crippen LogP contribution in [0.4, 0.5) is 0 Å². The van der Waals surface area contributed by atoms with Crippen LogP contribution in [-0.4, -0.2) is 51.8 Å². The van der Waals surface area contributed by atoms with Crippen molar-refractivity contribution in [1.82, 2.24) is 14.9 Å². The van der Waals surface area contributed by atoms with Crippen molar-refractivity contribution in [3.05, 3.63) is 18.1 Å². The number of rotatable bonds is 5. The van der Waals surface area contributed by atoms with Gasteiger partial charge < -0.3 is 9.47 Å². The first-order valence-corrected chi connectivity index (χ1v) is 8.70. The van der Waals surface area contributed by atoms with Crippen molar-refractivity contribution in [2.75, 3.05) is 19.8 Å². The molecule has 0 N–H and O–H groups in total. The molecular weight excluding hydrogens is 290 g/mol. The van der Waals surface area contributed by atoms with Gasteiger partial charge in [-0.25, -0.2) is 9.97 Å². The molecule has 1 aromatic rings. The molecule has 0 aromatic carbocycles. The summed E-state index contributed by atoms with van der Waals surface area (Å²) in [5.41, 5.74) is 1.09. The quantitative estimate of drug-likeness (QED) is 0.835. The topological polar surface area (TPSA) is 47.5 Å². The highest BCUT2D eigenvalue weighted by atomic mass is 16.5. The Hall–Kier alpha value is -1.20. The Labute approximate surface area is 139 Å². The number of aromatic nitrogens is 2. The Morgan fingerprint density at radius 2 is 2.13 bits per heavy atom. The highest BCUT2D eigenvalue weighted by Gasteiger charge is 2.49. The predicted octanol–water partition coefficient (Wildman–Crippen LogP) is 2.98. The highest BCUT2D eigenvalue weighted by molar-refractivity contribution is 5.12. The van der Waals surface area contributed by atoms with Gasteiger partial charge in [-0.2, -0.15) is 0 Å². The van der Waals surface area contributed by atoms with Crippen molar-refractivity contribution in [1.29, 1.82) is 0 Å². The molecule has 5 heteroatoms. The molecule has 0 amide bonds. The molecule has 2 atom stereocenters. The molecule has 2 aliphatic heterocycles. The normalized spacial score (nSPS) is 28.1. The second kappa shape index (κ2) is 6.36. The molecule has 1 aromatic heterocycles. The van der Waals surface area contributed by atoms with Crippen LogP contribution in [0.25, 0.3) is 0 Å². The first-order chi connectivity index (χ1) is 10.9. The molecule has 2 aliphatic rings. The van der Waals surface area contributed by atoms with E-state index in [0.717, 1.165) is 18.8 Å². The third kappa shape index (κ3) is 3.83. The third-order valence-electron chi connectivity index (χ3n) is 5.01. The fraction of sp³-hybridized carbons (Fsp3) is 0.778. The van der Waals surface area contributed by atoms with E-state index >= 15 is 0 Å². The first-order valence-electron chi connectivity index (χ1n) is 8.70. The average Bonchev–Trinajstić information content (AvgIpc) is 3.02. The van der Waals surface area contributed by atoms with Crippen molar-refractivity contribution in [3.8, 4) is 5.88 Å². The zero-order chi connectivity index (χ0) is 16.5. The maximum Gasteiger partial charge on any atom is 0.216 e. The van der Waals surface area contributed by atoms with Gasteiger partial charge in [-0.15, -0.1) is 0 Å². The number of nitrogens with zero attached hydrogens (tertiary/aromatic N) is 3. The zero-order valence-corrected chi connectivity index (χ0v) is 14.8. The van der Waals surface area contributed by atoms with Crippen LogP contribution in [0, 0.1) is 6.92 Å². The van der Waals surface area contributed by atoms with Crippen LogP contribution in [0.1, 0.15) is 52.1 Å². The molecule has 0 radical (unpaired) electrons. The molecule has 2 fully saturated rings. The van der Waals surface area contributed by atoms with Gasteiger partial charge in [-0.3, -0.25) is 4.90 Å².